The molecular weight excluding hydrogens is 454 g/mol. The van der Waals surface area contributed by atoms with E-state index in [1.54, 1.807) is 11.3 Å². The second kappa shape index (κ2) is 11.1. The van der Waals surface area contributed by atoms with Crippen LogP contribution < -0.4 is 5.32 Å². The molecule has 24 heavy (non-hydrogen) atoms. The van der Waals surface area contributed by atoms with Crippen molar-refractivity contribution in [3.05, 3.63) is 16.1 Å². The molecule has 0 atom stereocenters. The number of aryl methyl sites for hydroxylation is 1. The highest BCUT2D eigenvalue weighted by atomic mass is 127. The van der Waals surface area contributed by atoms with Gasteiger partial charge in [-0.25, -0.2) is 4.98 Å². The maximum Gasteiger partial charge on any atom is 0.401 e. The van der Waals surface area contributed by atoms with E-state index < -0.39 is 12.7 Å². The van der Waals surface area contributed by atoms with E-state index in [2.05, 4.69) is 15.3 Å². The molecule has 1 aromatic heterocycles. The molecule has 1 aromatic rings. The highest BCUT2D eigenvalue weighted by Gasteiger charge is 2.28. The Labute approximate surface area is 162 Å². The zero-order chi connectivity index (χ0) is 17.5. The molecule has 140 valence electrons. The first kappa shape index (κ1) is 23.4. The van der Waals surface area contributed by atoms with Gasteiger partial charge < -0.3 is 10.2 Å². The molecule has 0 radical (unpaired) electrons. The second-order valence-corrected chi connectivity index (χ2v) is 6.36. The Morgan fingerprint density at radius 3 is 2.54 bits per heavy atom. The number of likely N-dealkylation sites (N-methyl/N-ethyl adjacent to an activating group) is 1. The number of nitrogens with one attached hydrogen (secondary N) is 1. The minimum absolute atomic E-state index is 0. The third-order valence-corrected chi connectivity index (χ3v) is 3.78. The lowest BCUT2D eigenvalue weighted by Crippen LogP contribution is -2.39. The van der Waals surface area contributed by atoms with Crippen molar-refractivity contribution in [3.8, 4) is 0 Å². The molecule has 0 aliphatic heterocycles. The molecule has 5 nitrogen and oxygen atoms in total. The summed E-state index contributed by atoms with van der Waals surface area (Å²) in [6, 6.07) is 0. The summed E-state index contributed by atoms with van der Waals surface area (Å²) in [5, 5.41) is 6.14. The normalized spacial score (nSPS) is 12.2. The van der Waals surface area contributed by atoms with Crippen molar-refractivity contribution in [2.75, 3.05) is 40.3 Å². The summed E-state index contributed by atoms with van der Waals surface area (Å²) in [5.41, 5.74) is 0.954. The number of hydrogen-bond donors (Lipinski definition) is 1. The second-order valence-electron chi connectivity index (χ2n) is 5.30. The van der Waals surface area contributed by atoms with Gasteiger partial charge in [0.15, 0.2) is 5.96 Å². The highest BCUT2D eigenvalue weighted by molar-refractivity contribution is 14.0. The third-order valence-electron chi connectivity index (χ3n) is 2.95. The molecule has 0 saturated heterocycles. The van der Waals surface area contributed by atoms with Gasteiger partial charge >= 0.3 is 6.18 Å². The van der Waals surface area contributed by atoms with Crippen molar-refractivity contribution in [1.29, 1.82) is 0 Å². The van der Waals surface area contributed by atoms with E-state index in [-0.39, 0.29) is 30.5 Å². The standard InChI is InChI=1S/C14H24F3N5S.HI/c1-5-18-13(19-6-7-21(3)10-14(15,16)17)22(4)8-12-9-23-11(2)20-12;/h9H,5-8,10H2,1-4H3,(H,18,19);1H. The predicted molar refractivity (Wildman–Crippen MR) is 103 cm³/mol. The molecule has 0 bridgehead atoms. The zero-order valence-corrected chi connectivity index (χ0v) is 17.5. The fourth-order valence-electron chi connectivity index (χ4n) is 1.98. The summed E-state index contributed by atoms with van der Waals surface area (Å²) >= 11 is 1.59. The molecule has 1 N–H and O–H groups in total. The molecule has 0 aromatic carbocycles. The molecule has 1 heterocycles. The van der Waals surface area contributed by atoms with Crippen molar-refractivity contribution < 1.29 is 13.2 Å². The van der Waals surface area contributed by atoms with Gasteiger partial charge in [0.2, 0.25) is 0 Å². The predicted octanol–water partition coefficient (Wildman–Crippen LogP) is 2.96. The van der Waals surface area contributed by atoms with Gasteiger partial charge in [0.05, 0.1) is 30.3 Å². The maximum atomic E-state index is 12.3. The van der Waals surface area contributed by atoms with E-state index in [1.807, 2.05) is 31.2 Å². The van der Waals surface area contributed by atoms with Crippen molar-refractivity contribution in [3.63, 3.8) is 0 Å². The van der Waals surface area contributed by atoms with E-state index >= 15 is 0 Å². The molecular formula is C14H25F3IN5S. The van der Waals surface area contributed by atoms with Gasteiger partial charge in [0.25, 0.3) is 0 Å². The largest absolute Gasteiger partial charge is 0.401 e. The third kappa shape index (κ3) is 9.62. The molecule has 0 saturated carbocycles. The van der Waals surface area contributed by atoms with Crippen molar-refractivity contribution in [1.82, 2.24) is 20.1 Å². The van der Waals surface area contributed by atoms with Crippen molar-refractivity contribution >= 4 is 41.3 Å². The van der Waals surface area contributed by atoms with Crippen LogP contribution in [0.5, 0.6) is 0 Å². The van der Waals surface area contributed by atoms with Crippen LogP contribution in [0.2, 0.25) is 0 Å². The molecule has 0 aliphatic rings. The first-order chi connectivity index (χ1) is 10.7. The number of rotatable bonds is 7. The van der Waals surface area contributed by atoms with Gasteiger partial charge in [-0.2, -0.15) is 13.2 Å². The summed E-state index contributed by atoms with van der Waals surface area (Å²) in [5.74, 6) is 0.665. The van der Waals surface area contributed by atoms with Gasteiger partial charge in [-0.1, -0.05) is 0 Å². The highest BCUT2D eigenvalue weighted by Crippen LogP contribution is 2.15. The minimum Gasteiger partial charge on any atom is -0.357 e. The first-order valence-electron chi connectivity index (χ1n) is 7.37. The number of aromatic nitrogens is 1. The molecule has 0 fully saturated rings. The van der Waals surface area contributed by atoms with Crippen LogP contribution in [-0.2, 0) is 6.54 Å². The molecule has 1 rings (SSSR count). The lowest BCUT2D eigenvalue weighted by molar-refractivity contribution is -0.142. The number of nitrogens with zero attached hydrogens (tertiary/aromatic N) is 4. The van der Waals surface area contributed by atoms with Crippen LogP contribution in [0.15, 0.2) is 10.4 Å². The summed E-state index contributed by atoms with van der Waals surface area (Å²) in [4.78, 5) is 11.9. The summed E-state index contributed by atoms with van der Waals surface area (Å²) in [6.07, 6.45) is -4.18. The average molecular weight is 479 g/mol. The molecule has 10 heteroatoms. The minimum atomic E-state index is -4.18. The Hall–Kier alpha value is -0.620. The van der Waals surface area contributed by atoms with Crippen LogP contribution in [0.1, 0.15) is 17.6 Å². The van der Waals surface area contributed by atoms with Gasteiger partial charge in [0.1, 0.15) is 0 Å². The van der Waals surface area contributed by atoms with Crippen LogP contribution in [-0.4, -0.2) is 67.2 Å². The van der Waals surface area contributed by atoms with Crippen LogP contribution in [0, 0.1) is 6.92 Å². The monoisotopic (exact) mass is 479 g/mol. The first-order valence-corrected chi connectivity index (χ1v) is 8.25. The number of alkyl halides is 3. The Morgan fingerprint density at radius 1 is 1.38 bits per heavy atom. The topological polar surface area (TPSA) is 43.8 Å². The number of halogens is 4. The van der Waals surface area contributed by atoms with Gasteiger partial charge in [-0.15, -0.1) is 35.3 Å². The van der Waals surface area contributed by atoms with Crippen molar-refractivity contribution in [2.24, 2.45) is 4.99 Å². The Bertz CT molecular complexity index is 507. The molecule has 0 aliphatic carbocycles. The molecule has 0 spiro atoms. The van der Waals surface area contributed by atoms with Gasteiger partial charge in [-0.3, -0.25) is 9.89 Å². The summed E-state index contributed by atoms with van der Waals surface area (Å²) in [7, 11) is 3.33. The lowest BCUT2D eigenvalue weighted by Gasteiger charge is -2.22. The van der Waals surface area contributed by atoms with Gasteiger partial charge in [-0.05, 0) is 20.9 Å². The molecule has 0 unspecified atom stereocenters. The number of guanidine groups is 1. The van der Waals surface area contributed by atoms with E-state index in [4.69, 9.17) is 0 Å². The SMILES string of the molecule is CCNC(=NCCN(C)CC(F)(F)F)N(C)Cc1csc(C)n1.I. The average Bonchev–Trinajstić information content (AvgIpc) is 2.81. The van der Waals surface area contributed by atoms with Crippen molar-refractivity contribution in [2.45, 2.75) is 26.6 Å². The zero-order valence-electron chi connectivity index (χ0n) is 14.4. The van der Waals surface area contributed by atoms with Gasteiger partial charge in [0, 0.05) is 25.5 Å². The number of thiazole rings is 1. The van der Waals surface area contributed by atoms with Crippen LogP contribution in [0.25, 0.3) is 0 Å². The number of aliphatic imine (C=N–C) groups is 1. The van der Waals surface area contributed by atoms with E-state index in [0.717, 1.165) is 10.7 Å². The Kier molecular flexibility index (Phi) is 10.8. The quantitative estimate of drug-likeness (QED) is 0.371. The fourth-order valence-corrected chi connectivity index (χ4v) is 2.58. The maximum absolute atomic E-state index is 12.3. The van der Waals surface area contributed by atoms with Crippen LogP contribution >= 0.6 is 35.3 Å². The fraction of sp³-hybridized carbons (Fsp3) is 0.714. The Balaban J connectivity index is 0.00000529. The van der Waals surface area contributed by atoms with Crippen LogP contribution in [0.3, 0.4) is 0 Å². The van der Waals surface area contributed by atoms with E-state index in [0.29, 0.717) is 25.6 Å². The smallest absolute Gasteiger partial charge is 0.357 e. The molecule has 0 amide bonds. The summed E-state index contributed by atoms with van der Waals surface area (Å²) < 4.78 is 36.8. The Morgan fingerprint density at radius 2 is 2.04 bits per heavy atom. The van der Waals surface area contributed by atoms with E-state index in [9.17, 15) is 13.2 Å². The van der Waals surface area contributed by atoms with E-state index in [1.165, 1.54) is 11.9 Å². The van der Waals surface area contributed by atoms with Crippen LogP contribution in [0.4, 0.5) is 13.2 Å². The lowest BCUT2D eigenvalue weighted by atomic mass is 10.4. The number of hydrogen-bond acceptors (Lipinski definition) is 4. The summed E-state index contributed by atoms with van der Waals surface area (Å²) in [6.45, 7) is 4.82.